The molecule has 0 spiro atoms. The van der Waals surface area contributed by atoms with Crippen LogP contribution in [0.2, 0.25) is 0 Å². The third-order valence-corrected chi connectivity index (χ3v) is 4.70. The third kappa shape index (κ3) is 9.03. The van der Waals surface area contributed by atoms with Gasteiger partial charge >= 0.3 is 0 Å². The molecular weight excluding hydrogens is 530 g/mol. The van der Waals surface area contributed by atoms with Crippen LogP contribution in [0.1, 0.15) is 19.4 Å². The summed E-state index contributed by atoms with van der Waals surface area (Å²) in [5.74, 6) is 0.294. The smallest absolute Gasteiger partial charge is 0.191 e. The number of ether oxygens (including phenoxy) is 1. The summed E-state index contributed by atoms with van der Waals surface area (Å²) >= 11 is 3.15. The Labute approximate surface area is 186 Å². The van der Waals surface area contributed by atoms with E-state index in [9.17, 15) is 9.50 Å². The van der Waals surface area contributed by atoms with Crippen LogP contribution in [0.4, 0.5) is 4.39 Å². The highest BCUT2D eigenvalue weighted by atomic mass is 127. The van der Waals surface area contributed by atoms with Gasteiger partial charge in [0, 0.05) is 32.7 Å². The summed E-state index contributed by atoms with van der Waals surface area (Å²) in [4.78, 5) is 6.67. The van der Waals surface area contributed by atoms with Crippen molar-refractivity contribution >= 4 is 45.9 Å². The molecule has 1 saturated heterocycles. The maximum atomic E-state index is 13.6. The van der Waals surface area contributed by atoms with Crippen molar-refractivity contribution in [1.82, 2.24) is 15.5 Å². The lowest BCUT2D eigenvalue weighted by atomic mass is 10.1. The van der Waals surface area contributed by atoms with Crippen molar-refractivity contribution in [3.8, 4) is 0 Å². The second-order valence-electron chi connectivity index (χ2n) is 6.68. The molecule has 0 aromatic heterocycles. The number of morpholine rings is 1. The van der Waals surface area contributed by atoms with Crippen molar-refractivity contribution in [3.63, 3.8) is 0 Å². The van der Waals surface area contributed by atoms with Crippen LogP contribution in [0, 0.1) is 5.82 Å². The monoisotopic (exact) mass is 558 g/mol. The molecule has 0 amide bonds. The van der Waals surface area contributed by atoms with Crippen LogP contribution in [0.5, 0.6) is 0 Å². The van der Waals surface area contributed by atoms with Crippen molar-refractivity contribution in [1.29, 1.82) is 0 Å². The van der Waals surface area contributed by atoms with Gasteiger partial charge in [-0.15, -0.1) is 24.0 Å². The van der Waals surface area contributed by atoms with Crippen molar-refractivity contribution < 1.29 is 14.2 Å². The normalized spacial score (nSPS) is 17.7. The van der Waals surface area contributed by atoms with E-state index in [2.05, 4.69) is 36.5 Å². The zero-order valence-electron chi connectivity index (χ0n) is 15.8. The number of hydrogen-bond donors (Lipinski definition) is 3. The Bertz CT molecular complexity index is 613. The predicted molar refractivity (Wildman–Crippen MR) is 120 cm³/mol. The number of benzene rings is 1. The average Bonchev–Trinajstić information content (AvgIpc) is 2.61. The summed E-state index contributed by atoms with van der Waals surface area (Å²) < 4.78 is 19.4. The Morgan fingerprint density at radius 1 is 1.37 bits per heavy atom. The molecule has 0 saturated carbocycles. The highest BCUT2D eigenvalue weighted by molar-refractivity contribution is 14.0. The van der Waals surface area contributed by atoms with E-state index in [1.165, 1.54) is 6.07 Å². The minimum atomic E-state index is -0.892. The third-order valence-electron chi connectivity index (χ3n) is 4.05. The van der Waals surface area contributed by atoms with Crippen LogP contribution in [-0.4, -0.2) is 67.5 Å². The van der Waals surface area contributed by atoms with E-state index in [4.69, 9.17) is 4.74 Å². The van der Waals surface area contributed by atoms with Crippen LogP contribution in [-0.2, 0) is 11.3 Å². The molecule has 1 fully saturated rings. The first-order valence-corrected chi connectivity index (χ1v) is 9.67. The van der Waals surface area contributed by atoms with E-state index in [0.29, 0.717) is 49.8 Å². The Morgan fingerprint density at radius 3 is 2.70 bits per heavy atom. The fourth-order valence-electron chi connectivity index (χ4n) is 2.72. The zero-order chi connectivity index (χ0) is 19.0. The van der Waals surface area contributed by atoms with E-state index >= 15 is 0 Å². The summed E-state index contributed by atoms with van der Waals surface area (Å²) in [5.41, 5.74) is -0.111. The molecule has 1 aromatic carbocycles. The molecule has 1 aliphatic heterocycles. The summed E-state index contributed by atoms with van der Waals surface area (Å²) in [5, 5.41) is 17.0. The Kier molecular flexibility index (Phi) is 11.0. The van der Waals surface area contributed by atoms with E-state index in [1.54, 1.807) is 6.07 Å². The largest absolute Gasteiger partial charge is 0.387 e. The average molecular weight is 559 g/mol. The van der Waals surface area contributed by atoms with Gasteiger partial charge in [0.2, 0.25) is 0 Å². The zero-order valence-corrected chi connectivity index (χ0v) is 19.7. The predicted octanol–water partition coefficient (Wildman–Crippen LogP) is 2.34. The van der Waals surface area contributed by atoms with E-state index in [0.717, 1.165) is 18.7 Å². The van der Waals surface area contributed by atoms with E-state index < -0.39 is 5.60 Å². The second kappa shape index (κ2) is 12.2. The number of β-amino-alcohol motifs (C(OH)–C–C–N with tert-alkyl or cyclic N) is 1. The molecule has 3 N–H and O–H groups in total. The number of aliphatic imine (C=N–C) groups is 1. The number of halogens is 3. The minimum Gasteiger partial charge on any atom is -0.387 e. The van der Waals surface area contributed by atoms with Gasteiger partial charge in [0.25, 0.3) is 0 Å². The first kappa shape index (κ1) is 24.5. The van der Waals surface area contributed by atoms with Gasteiger partial charge < -0.3 is 20.5 Å². The molecule has 1 aromatic rings. The van der Waals surface area contributed by atoms with Crippen molar-refractivity contribution in [2.24, 2.45) is 4.99 Å². The molecule has 154 valence electrons. The fourth-order valence-corrected chi connectivity index (χ4v) is 2.97. The summed E-state index contributed by atoms with van der Waals surface area (Å²) in [6.07, 6.45) is 0. The lowest BCUT2D eigenvalue weighted by Gasteiger charge is -2.34. The topological polar surface area (TPSA) is 69.1 Å². The Balaban J connectivity index is 0.00000364. The number of rotatable bonds is 7. The van der Waals surface area contributed by atoms with Gasteiger partial charge in [-0.25, -0.2) is 9.38 Å². The number of nitrogens with one attached hydrogen (secondary N) is 2. The lowest BCUT2D eigenvalue weighted by Crippen LogP contribution is -2.52. The molecule has 2 rings (SSSR count). The van der Waals surface area contributed by atoms with Crippen LogP contribution in [0.3, 0.4) is 0 Å². The van der Waals surface area contributed by atoms with Gasteiger partial charge in [-0.1, -0.05) is 6.07 Å². The second-order valence-corrected chi connectivity index (χ2v) is 7.54. The van der Waals surface area contributed by atoms with Gasteiger partial charge in [-0.2, -0.15) is 0 Å². The minimum absolute atomic E-state index is 0. The summed E-state index contributed by atoms with van der Waals surface area (Å²) in [6.45, 7) is 8.85. The first-order valence-electron chi connectivity index (χ1n) is 8.88. The van der Waals surface area contributed by atoms with Crippen LogP contribution in [0.25, 0.3) is 0 Å². The molecule has 0 aliphatic carbocycles. The fraction of sp³-hybridized carbons (Fsp3) is 0.611. The maximum absolute atomic E-state index is 13.6. The quantitative estimate of drug-likeness (QED) is 0.272. The molecular formula is C18H29BrFIN4O2. The summed E-state index contributed by atoms with van der Waals surface area (Å²) in [7, 11) is 0. The molecule has 0 radical (unpaired) electrons. The van der Waals surface area contributed by atoms with Crippen LogP contribution >= 0.6 is 39.9 Å². The van der Waals surface area contributed by atoms with E-state index in [1.807, 2.05) is 19.9 Å². The van der Waals surface area contributed by atoms with Crippen LogP contribution < -0.4 is 10.6 Å². The van der Waals surface area contributed by atoms with Gasteiger partial charge in [0.1, 0.15) is 5.82 Å². The van der Waals surface area contributed by atoms with Gasteiger partial charge in [0.15, 0.2) is 5.96 Å². The highest BCUT2D eigenvalue weighted by Crippen LogP contribution is 2.16. The molecule has 9 heteroatoms. The number of hydrogen-bond acceptors (Lipinski definition) is 4. The van der Waals surface area contributed by atoms with Gasteiger partial charge in [0.05, 0.1) is 29.8 Å². The SMILES string of the molecule is CCNC(=NCc1ccc(Br)c(F)c1)NCC(C)(O)CN1CCOCC1.I. The molecule has 1 unspecified atom stereocenters. The number of nitrogens with zero attached hydrogens (tertiary/aromatic N) is 2. The lowest BCUT2D eigenvalue weighted by molar-refractivity contribution is -0.0201. The molecule has 1 aliphatic rings. The summed E-state index contributed by atoms with van der Waals surface area (Å²) in [6, 6.07) is 4.97. The number of guanidine groups is 1. The molecule has 1 heterocycles. The van der Waals surface area contributed by atoms with Crippen molar-refractivity contribution in [2.45, 2.75) is 26.0 Å². The van der Waals surface area contributed by atoms with Gasteiger partial charge in [-0.05, 0) is 47.5 Å². The standard InChI is InChI=1S/C18H28BrFN4O2.HI/c1-3-21-17(22-11-14-4-5-15(19)16(20)10-14)23-12-18(2,25)13-24-6-8-26-9-7-24;/h4-5,10,25H,3,6-9,11-13H2,1-2H3,(H2,21,22,23);1H. The maximum Gasteiger partial charge on any atom is 0.191 e. The molecule has 0 bridgehead atoms. The molecule has 6 nitrogen and oxygen atoms in total. The molecule has 1 atom stereocenters. The Hall–Kier alpha value is -0.490. The first-order chi connectivity index (χ1) is 12.4. The Morgan fingerprint density at radius 2 is 2.07 bits per heavy atom. The highest BCUT2D eigenvalue weighted by Gasteiger charge is 2.25. The van der Waals surface area contributed by atoms with Crippen molar-refractivity contribution in [3.05, 3.63) is 34.1 Å². The van der Waals surface area contributed by atoms with Crippen molar-refractivity contribution in [2.75, 3.05) is 45.9 Å². The van der Waals surface area contributed by atoms with E-state index in [-0.39, 0.29) is 29.8 Å². The molecule has 27 heavy (non-hydrogen) atoms. The number of aliphatic hydroxyl groups is 1. The van der Waals surface area contributed by atoms with Gasteiger partial charge in [-0.3, -0.25) is 4.90 Å². The van der Waals surface area contributed by atoms with Crippen LogP contribution in [0.15, 0.2) is 27.7 Å².